The van der Waals surface area contributed by atoms with Crippen LogP contribution in [0.15, 0.2) is 24.3 Å². The molecule has 2 aromatic carbocycles. The summed E-state index contributed by atoms with van der Waals surface area (Å²) in [6.07, 6.45) is 1.18. The first-order valence-electron chi connectivity index (χ1n) is 13.8. The van der Waals surface area contributed by atoms with Crippen LogP contribution < -0.4 is 10.0 Å². The Balaban J connectivity index is 0.00000760. The number of hydrogen-bond acceptors (Lipinski definition) is 4. The van der Waals surface area contributed by atoms with Crippen molar-refractivity contribution in [1.82, 2.24) is 0 Å². The summed E-state index contributed by atoms with van der Waals surface area (Å²) in [5.41, 5.74) is 7.23. The van der Waals surface area contributed by atoms with Crippen LogP contribution in [-0.4, -0.2) is 32.1 Å². The third-order valence-electron chi connectivity index (χ3n) is 7.40. The molecule has 0 aliphatic carbocycles. The van der Waals surface area contributed by atoms with E-state index < -0.39 is 27.9 Å². The van der Waals surface area contributed by atoms with Gasteiger partial charge in [-0.25, -0.2) is 0 Å². The monoisotopic (exact) mass is 669 g/mol. The Morgan fingerprint density at radius 1 is 0.769 bits per heavy atom. The minimum absolute atomic E-state index is 0. The van der Waals surface area contributed by atoms with Gasteiger partial charge in [0.2, 0.25) is 7.49 Å². The molecule has 0 saturated carbocycles. The summed E-state index contributed by atoms with van der Waals surface area (Å²) in [6, 6.07) is 8.79. The van der Waals surface area contributed by atoms with E-state index in [0.29, 0.717) is 11.7 Å². The fourth-order valence-electron chi connectivity index (χ4n) is 5.85. The second kappa shape index (κ2) is 12.6. The van der Waals surface area contributed by atoms with Crippen molar-refractivity contribution in [2.45, 2.75) is 118 Å². The Morgan fingerprint density at radius 2 is 1.21 bits per heavy atom. The summed E-state index contributed by atoms with van der Waals surface area (Å²) >= 11 is 0. The van der Waals surface area contributed by atoms with Crippen molar-refractivity contribution in [2.24, 2.45) is 0 Å². The zero-order valence-electron chi connectivity index (χ0n) is 26.8. The molecule has 0 unspecified atom stereocenters. The number of ether oxygens (including phenoxy) is 1. The predicted octanol–water partition coefficient (Wildman–Crippen LogP) is 9.17. The first-order valence-corrected chi connectivity index (χ1v) is 17.3. The van der Waals surface area contributed by atoms with Crippen LogP contribution in [0, 0.1) is 6.92 Å². The van der Waals surface area contributed by atoms with Gasteiger partial charge in [-0.2, -0.15) is 8.42 Å². The van der Waals surface area contributed by atoms with Crippen LogP contribution in [-0.2, 0) is 34.5 Å². The number of methoxy groups -OCH3 is 1. The average Bonchev–Trinajstić information content (AvgIpc) is 2.74. The zero-order chi connectivity index (χ0) is 29.6. The smallest absolute Gasteiger partial charge is 0.296 e. The standard InChI is InChI=1S/C32H52O4PS.Pd/c1-20(2)24-18-25(21(3)4)29(26(19-24)22(5)6)28-23(7)16-17-27(35-14)30(28)37(31(8,9)10,32(11,12)13)36-38(15,33)34;/h16-22H,1-15H3;/q+1;. The molecule has 0 aromatic heterocycles. The van der Waals surface area contributed by atoms with Crippen molar-refractivity contribution < 1.29 is 37.5 Å². The molecule has 0 fully saturated rings. The first kappa shape index (κ1) is 36.3. The molecule has 4 nitrogen and oxygen atoms in total. The third-order valence-corrected chi connectivity index (χ3v) is 14.2. The van der Waals surface area contributed by atoms with Crippen LogP contribution >= 0.6 is 7.49 Å². The molecule has 0 bridgehead atoms. The molecule has 39 heavy (non-hydrogen) atoms. The third kappa shape index (κ3) is 7.18. The molecule has 2 rings (SSSR count). The van der Waals surface area contributed by atoms with Crippen LogP contribution in [0.4, 0.5) is 0 Å². The summed E-state index contributed by atoms with van der Waals surface area (Å²) in [4.78, 5) is 0. The zero-order valence-corrected chi connectivity index (χ0v) is 30.1. The topological polar surface area (TPSA) is 52.6 Å². The quantitative estimate of drug-likeness (QED) is 0.208. The Bertz CT molecular complexity index is 1220. The Morgan fingerprint density at radius 3 is 1.51 bits per heavy atom. The molecule has 2 aromatic rings. The maximum atomic E-state index is 13.1. The van der Waals surface area contributed by atoms with E-state index in [-0.39, 0.29) is 32.3 Å². The van der Waals surface area contributed by atoms with Crippen LogP contribution in [0.25, 0.3) is 11.1 Å². The van der Waals surface area contributed by atoms with Gasteiger partial charge in [-0.05, 0) is 100 Å². The van der Waals surface area contributed by atoms with E-state index in [9.17, 15) is 8.42 Å². The van der Waals surface area contributed by atoms with E-state index in [4.69, 9.17) is 8.71 Å². The largest absolute Gasteiger partial charge is 0.492 e. The molecule has 0 aliphatic heterocycles. The average molecular weight is 670 g/mol. The summed E-state index contributed by atoms with van der Waals surface area (Å²) in [7, 11) is -5.10. The molecule has 0 amide bonds. The van der Waals surface area contributed by atoms with E-state index in [1.54, 1.807) is 7.11 Å². The van der Waals surface area contributed by atoms with Gasteiger partial charge in [0.25, 0.3) is 10.1 Å². The van der Waals surface area contributed by atoms with Crippen LogP contribution in [0.1, 0.15) is 123 Å². The molecule has 0 radical (unpaired) electrons. The van der Waals surface area contributed by atoms with Gasteiger partial charge < -0.3 is 4.74 Å². The van der Waals surface area contributed by atoms with Gasteiger partial charge in [-0.3, -0.25) is 0 Å². The molecule has 0 spiro atoms. The molecule has 0 aliphatic rings. The molecule has 7 heteroatoms. The van der Waals surface area contributed by atoms with Crippen LogP contribution in [0.2, 0.25) is 0 Å². The van der Waals surface area contributed by atoms with Crippen molar-refractivity contribution in [3.8, 4) is 16.9 Å². The molecule has 0 saturated heterocycles. The Labute approximate surface area is 254 Å². The van der Waals surface area contributed by atoms with Gasteiger partial charge in [-0.15, -0.1) is 3.97 Å². The summed E-state index contributed by atoms with van der Waals surface area (Å²) in [5, 5.41) is -0.0951. The van der Waals surface area contributed by atoms with Gasteiger partial charge in [-0.1, -0.05) is 59.7 Å². The summed E-state index contributed by atoms with van der Waals surface area (Å²) in [6.45, 7) is 28.2. The van der Waals surface area contributed by atoms with Crippen LogP contribution in [0.3, 0.4) is 0 Å². The molecule has 0 heterocycles. The van der Waals surface area contributed by atoms with Crippen molar-refractivity contribution in [1.29, 1.82) is 0 Å². The maximum Gasteiger partial charge on any atom is 0.296 e. The minimum Gasteiger partial charge on any atom is -0.492 e. The molecule has 0 atom stereocenters. The van der Waals surface area contributed by atoms with E-state index >= 15 is 0 Å². The summed E-state index contributed by atoms with van der Waals surface area (Å²) < 4.78 is 38.7. The van der Waals surface area contributed by atoms with Gasteiger partial charge in [0.15, 0.2) is 11.1 Å². The second-order valence-electron chi connectivity index (χ2n) is 13.6. The fraction of sp³-hybridized carbons (Fsp3) is 0.625. The first-order chi connectivity index (χ1) is 17.1. The van der Waals surface area contributed by atoms with E-state index in [0.717, 1.165) is 16.4 Å². The molecule has 224 valence electrons. The Hall–Kier alpha value is -0.758. The summed E-state index contributed by atoms with van der Waals surface area (Å²) in [5.74, 6) is 1.62. The molecular weight excluding hydrogens is 618 g/mol. The molecule has 0 N–H and O–H groups in total. The minimum atomic E-state index is -3.81. The van der Waals surface area contributed by atoms with Crippen molar-refractivity contribution >= 4 is 22.9 Å². The number of aryl methyl sites for hydroxylation is 1. The Kier molecular flexibility index (Phi) is 11.7. The second-order valence-corrected chi connectivity index (χ2v) is 19.9. The fourth-order valence-corrected chi connectivity index (χ4v) is 14.0. The van der Waals surface area contributed by atoms with Crippen molar-refractivity contribution in [3.63, 3.8) is 0 Å². The normalized spacial score (nSPS) is 13.3. The number of rotatable bonds is 8. The van der Waals surface area contributed by atoms with Crippen molar-refractivity contribution in [2.75, 3.05) is 13.4 Å². The van der Waals surface area contributed by atoms with Crippen LogP contribution in [0.5, 0.6) is 5.75 Å². The number of hydrogen-bond donors (Lipinski definition) is 0. The SMILES string of the molecule is COc1ccc(C)c(-c2c(C(C)C)cc(C(C)C)cc2C(C)C)c1[P+](OS(C)(=O)=O)(C(C)(C)C)C(C)(C)C.[Pd]. The van der Waals surface area contributed by atoms with E-state index in [1.165, 1.54) is 28.5 Å². The van der Waals surface area contributed by atoms with Crippen molar-refractivity contribution in [3.05, 3.63) is 46.5 Å². The van der Waals surface area contributed by atoms with Gasteiger partial charge in [0.05, 0.1) is 13.4 Å². The predicted molar refractivity (Wildman–Crippen MR) is 167 cm³/mol. The van der Waals surface area contributed by atoms with Gasteiger partial charge >= 0.3 is 0 Å². The van der Waals surface area contributed by atoms with Gasteiger partial charge in [0.1, 0.15) is 10.3 Å². The van der Waals surface area contributed by atoms with Gasteiger partial charge in [0, 0.05) is 26.0 Å². The number of benzene rings is 2. The van der Waals surface area contributed by atoms with E-state index in [2.05, 4.69) is 108 Å². The maximum absolute atomic E-state index is 13.1. The van der Waals surface area contributed by atoms with E-state index in [1.807, 2.05) is 6.07 Å². The molecular formula is C32H52O4PPdS+.